The number of aromatic nitrogens is 2. The second kappa shape index (κ2) is 9.55. The Morgan fingerprint density at radius 1 is 1.16 bits per heavy atom. The summed E-state index contributed by atoms with van der Waals surface area (Å²) < 4.78 is 16.9. The van der Waals surface area contributed by atoms with E-state index in [1.54, 1.807) is 12.1 Å². The molecule has 2 heterocycles. The molecule has 2 N–H and O–H groups in total. The zero-order valence-corrected chi connectivity index (χ0v) is 18.1. The van der Waals surface area contributed by atoms with Crippen LogP contribution in [0, 0.1) is 6.92 Å². The highest BCUT2D eigenvalue weighted by Gasteiger charge is 2.16. The number of ether oxygens (including phenoxy) is 3. The Kier molecular flexibility index (Phi) is 6.39. The van der Waals surface area contributed by atoms with Crippen LogP contribution in [0.25, 0.3) is 11.3 Å². The number of hydrogen-bond donors (Lipinski definition) is 2. The fraction of sp³-hybridized carbons (Fsp3) is 0.292. The maximum Gasteiger partial charge on any atom is 0.339 e. The van der Waals surface area contributed by atoms with E-state index >= 15 is 0 Å². The summed E-state index contributed by atoms with van der Waals surface area (Å²) in [4.78, 5) is 20.0. The van der Waals surface area contributed by atoms with Crippen molar-refractivity contribution in [3.05, 3.63) is 59.4 Å². The van der Waals surface area contributed by atoms with Crippen LogP contribution in [0.15, 0.2) is 42.7 Å². The number of carboxylic acids is 1. The van der Waals surface area contributed by atoms with Gasteiger partial charge in [-0.2, -0.15) is 0 Å². The van der Waals surface area contributed by atoms with Crippen molar-refractivity contribution in [2.75, 3.05) is 31.7 Å². The van der Waals surface area contributed by atoms with Crippen molar-refractivity contribution in [3.63, 3.8) is 0 Å². The van der Waals surface area contributed by atoms with Gasteiger partial charge in [0, 0.05) is 18.2 Å². The van der Waals surface area contributed by atoms with Gasteiger partial charge in [-0.05, 0) is 49.6 Å². The number of anilines is 1. The lowest BCUT2D eigenvalue weighted by molar-refractivity contribution is 0.0692. The lowest BCUT2D eigenvalue weighted by Gasteiger charge is -2.21. The predicted molar refractivity (Wildman–Crippen MR) is 120 cm³/mol. The van der Waals surface area contributed by atoms with Gasteiger partial charge in [-0.1, -0.05) is 12.1 Å². The van der Waals surface area contributed by atoms with Gasteiger partial charge in [0.15, 0.2) is 11.5 Å². The first kappa shape index (κ1) is 21.4. The molecule has 8 nitrogen and oxygen atoms in total. The SMILES string of the molecule is CCOc1cc(-c2cc(NCCc3ccc4c(c3C)OCCO4)ncn2)ccc1C(=O)O. The molecule has 8 heteroatoms. The number of rotatable bonds is 8. The van der Waals surface area contributed by atoms with Crippen molar-refractivity contribution in [1.29, 1.82) is 0 Å². The lowest BCUT2D eigenvalue weighted by atomic mass is 10.0. The molecular weight excluding hydrogens is 410 g/mol. The van der Waals surface area contributed by atoms with Crippen molar-refractivity contribution < 1.29 is 24.1 Å². The number of nitrogens with one attached hydrogen (secondary N) is 1. The van der Waals surface area contributed by atoms with Crippen LogP contribution in [-0.2, 0) is 6.42 Å². The first-order chi connectivity index (χ1) is 15.6. The van der Waals surface area contributed by atoms with Crippen molar-refractivity contribution >= 4 is 11.8 Å². The van der Waals surface area contributed by atoms with E-state index in [-0.39, 0.29) is 5.56 Å². The molecule has 3 aromatic rings. The van der Waals surface area contributed by atoms with Gasteiger partial charge in [0.25, 0.3) is 0 Å². The topological polar surface area (TPSA) is 103 Å². The van der Waals surface area contributed by atoms with Crippen molar-refractivity contribution in [2.45, 2.75) is 20.3 Å². The van der Waals surface area contributed by atoms with Crippen molar-refractivity contribution in [2.24, 2.45) is 0 Å². The number of fused-ring (bicyclic) bond motifs is 1. The maximum absolute atomic E-state index is 11.4. The smallest absolute Gasteiger partial charge is 0.339 e. The first-order valence-corrected chi connectivity index (χ1v) is 10.5. The molecule has 0 amide bonds. The Hall–Kier alpha value is -3.81. The van der Waals surface area contributed by atoms with E-state index < -0.39 is 5.97 Å². The minimum Gasteiger partial charge on any atom is -0.493 e. The molecule has 0 radical (unpaired) electrons. The van der Waals surface area contributed by atoms with E-state index in [1.165, 1.54) is 18.0 Å². The van der Waals surface area contributed by atoms with Gasteiger partial charge in [-0.25, -0.2) is 14.8 Å². The van der Waals surface area contributed by atoms with Crippen molar-refractivity contribution in [1.82, 2.24) is 9.97 Å². The molecule has 0 saturated heterocycles. The van der Waals surface area contributed by atoms with Crippen molar-refractivity contribution in [3.8, 4) is 28.5 Å². The van der Waals surface area contributed by atoms with Crippen LogP contribution in [0.5, 0.6) is 17.2 Å². The number of carboxylic acid groups (broad SMARTS) is 1. The fourth-order valence-corrected chi connectivity index (χ4v) is 3.64. The molecule has 1 aliphatic heterocycles. The van der Waals surface area contributed by atoms with Gasteiger partial charge in [0.2, 0.25) is 0 Å². The standard InChI is InChI=1S/C24H25N3O5/c1-3-30-21-12-17(4-6-18(21)24(28)29)19-13-22(27-14-26-19)25-9-8-16-5-7-20-23(15(16)2)32-11-10-31-20/h4-7,12-14H,3,8-11H2,1-2H3,(H,28,29)(H,25,26,27). The van der Waals surface area contributed by atoms with Gasteiger partial charge < -0.3 is 24.6 Å². The molecule has 166 valence electrons. The Morgan fingerprint density at radius 3 is 2.81 bits per heavy atom. The average Bonchev–Trinajstić information content (AvgIpc) is 2.81. The number of benzene rings is 2. The molecule has 0 saturated carbocycles. The largest absolute Gasteiger partial charge is 0.493 e. The zero-order chi connectivity index (χ0) is 22.5. The second-order valence-corrected chi connectivity index (χ2v) is 7.29. The molecule has 0 unspecified atom stereocenters. The van der Waals surface area contributed by atoms with E-state index in [0.717, 1.165) is 29.0 Å². The molecule has 0 atom stereocenters. The third kappa shape index (κ3) is 4.59. The third-order valence-electron chi connectivity index (χ3n) is 5.24. The number of carbonyl (C=O) groups is 1. The van der Waals surface area contributed by atoms with E-state index in [0.29, 0.717) is 43.6 Å². The summed E-state index contributed by atoms with van der Waals surface area (Å²) in [6, 6.07) is 10.8. The van der Waals surface area contributed by atoms with Crippen LogP contribution in [0.2, 0.25) is 0 Å². The van der Waals surface area contributed by atoms with Crippen LogP contribution in [0.3, 0.4) is 0 Å². The predicted octanol–water partition coefficient (Wildman–Crippen LogP) is 3.97. The maximum atomic E-state index is 11.4. The van der Waals surface area contributed by atoms with Crippen LogP contribution in [0.1, 0.15) is 28.4 Å². The highest BCUT2D eigenvalue weighted by Crippen LogP contribution is 2.35. The van der Waals surface area contributed by atoms with Crippen LogP contribution >= 0.6 is 0 Å². The summed E-state index contributed by atoms with van der Waals surface area (Å²) in [6.45, 7) is 6.06. The second-order valence-electron chi connectivity index (χ2n) is 7.29. The zero-order valence-electron chi connectivity index (χ0n) is 18.1. The summed E-state index contributed by atoms with van der Waals surface area (Å²) in [7, 11) is 0. The Morgan fingerprint density at radius 2 is 2.00 bits per heavy atom. The molecular formula is C24H25N3O5. The summed E-state index contributed by atoms with van der Waals surface area (Å²) in [5.41, 5.74) is 3.83. The van der Waals surface area contributed by atoms with E-state index in [1.807, 2.05) is 26.0 Å². The average molecular weight is 435 g/mol. The molecule has 0 bridgehead atoms. The monoisotopic (exact) mass is 435 g/mol. The highest BCUT2D eigenvalue weighted by molar-refractivity contribution is 5.91. The quantitative estimate of drug-likeness (QED) is 0.548. The highest BCUT2D eigenvalue weighted by atomic mass is 16.6. The summed E-state index contributed by atoms with van der Waals surface area (Å²) in [5.74, 6) is 1.60. The van der Waals surface area contributed by atoms with Gasteiger partial charge in [0.05, 0.1) is 12.3 Å². The minimum atomic E-state index is -1.03. The Bertz CT molecular complexity index is 1130. The van der Waals surface area contributed by atoms with Gasteiger partial charge in [-0.15, -0.1) is 0 Å². The molecule has 0 fully saturated rings. The van der Waals surface area contributed by atoms with E-state index in [9.17, 15) is 9.90 Å². The normalized spacial score (nSPS) is 12.3. The molecule has 1 aliphatic rings. The molecule has 2 aromatic carbocycles. The molecule has 0 spiro atoms. The first-order valence-electron chi connectivity index (χ1n) is 10.5. The van der Waals surface area contributed by atoms with E-state index in [4.69, 9.17) is 14.2 Å². The van der Waals surface area contributed by atoms with E-state index in [2.05, 4.69) is 21.4 Å². The third-order valence-corrected chi connectivity index (χ3v) is 5.24. The van der Waals surface area contributed by atoms with Crippen LogP contribution in [-0.4, -0.2) is 47.4 Å². The Labute approximate surface area is 186 Å². The van der Waals surface area contributed by atoms with Gasteiger partial charge in [0.1, 0.15) is 36.7 Å². The molecule has 4 rings (SSSR count). The number of hydrogen-bond acceptors (Lipinski definition) is 7. The lowest BCUT2D eigenvalue weighted by Crippen LogP contribution is -2.17. The fourth-order valence-electron chi connectivity index (χ4n) is 3.64. The van der Waals surface area contributed by atoms with Gasteiger partial charge >= 0.3 is 5.97 Å². The minimum absolute atomic E-state index is 0.123. The molecule has 32 heavy (non-hydrogen) atoms. The molecule has 0 aliphatic carbocycles. The van der Waals surface area contributed by atoms with Crippen LogP contribution in [0.4, 0.5) is 5.82 Å². The van der Waals surface area contributed by atoms with Crippen LogP contribution < -0.4 is 19.5 Å². The number of nitrogens with zero attached hydrogens (tertiary/aromatic N) is 2. The van der Waals surface area contributed by atoms with Gasteiger partial charge in [-0.3, -0.25) is 0 Å². The molecule has 1 aromatic heterocycles. The Balaban J connectivity index is 1.46. The summed E-state index contributed by atoms with van der Waals surface area (Å²) in [5, 5.41) is 12.7. The summed E-state index contributed by atoms with van der Waals surface area (Å²) >= 11 is 0. The summed E-state index contributed by atoms with van der Waals surface area (Å²) in [6.07, 6.45) is 2.28. The number of aromatic carboxylic acids is 1.